The Morgan fingerprint density at radius 3 is 2.27 bits per heavy atom. The van der Waals surface area contributed by atoms with E-state index in [0.29, 0.717) is 12.1 Å². The van der Waals surface area contributed by atoms with Gasteiger partial charge in [0, 0.05) is 5.69 Å². The molecule has 2 rings (SSSR count). The number of anilines is 1. The first-order valence-electron chi connectivity index (χ1n) is 9.60. The van der Waals surface area contributed by atoms with E-state index in [0.717, 1.165) is 27.2 Å². The summed E-state index contributed by atoms with van der Waals surface area (Å²) in [5.41, 5.74) is 2.38. The van der Waals surface area contributed by atoms with Crippen LogP contribution in [0.5, 0.6) is 0 Å². The van der Waals surface area contributed by atoms with Crippen LogP contribution in [0.1, 0.15) is 57.8 Å². The number of nitrogens with zero attached hydrogens (tertiary/aromatic N) is 2. The predicted molar refractivity (Wildman–Crippen MR) is 118 cm³/mol. The summed E-state index contributed by atoms with van der Waals surface area (Å²) < 4.78 is 12.9. The number of hydrogen-bond acceptors (Lipinski definition) is 7. The molecule has 10 heteroatoms. The monoisotopic (exact) mass is 499 g/mol. The lowest BCUT2D eigenvalue weighted by molar-refractivity contribution is -0.119. The molecule has 0 aromatic carbocycles. The first kappa shape index (κ1) is 24.1. The van der Waals surface area contributed by atoms with Crippen LogP contribution in [0.3, 0.4) is 0 Å². The van der Waals surface area contributed by atoms with E-state index in [9.17, 15) is 14.4 Å². The van der Waals surface area contributed by atoms with E-state index in [1.54, 1.807) is 32.4 Å². The quantitative estimate of drug-likeness (QED) is 0.544. The number of carbonyl (C=O) groups is 3. The number of aromatic nitrogens is 2. The lowest BCUT2D eigenvalue weighted by Gasteiger charge is -2.13. The Kier molecular flexibility index (Phi) is 8.19. The molecule has 1 unspecified atom stereocenters. The van der Waals surface area contributed by atoms with E-state index in [1.165, 1.54) is 0 Å². The van der Waals surface area contributed by atoms with Crippen molar-refractivity contribution in [2.24, 2.45) is 5.92 Å². The standard InChI is InChI=1S/C20H26BrN3O5S/c1-7-28-19(26)14-11(4)16(20(27)29-8-2)30-18(14)22-17(25)10(3)9-24-13(6)15(21)12(5)23-24/h10H,7-9H2,1-6H3,(H,22,25). The van der Waals surface area contributed by atoms with Crippen LogP contribution < -0.4 is 5.32 Å². The SMILES string of the molecule is CCOC(=O)c1sc(NC(=O)C(C)Cn2nc(C)c(Br)c2C)c(C(=O)OCC)c1C. The highest BCUT2D eigenvalue weighted by Gasteiger charge is 2.28. The fraction of sp³-hybridized carbons (Fsp3) is 0.500. The van der Waals surface area contributed by atoms with Crippen molar-refractivity contribution in [2.75, 3.05) is 18.5 Å². The largest absolute Gasteiger partial charge is 0.462 e. The van der Waals surface area contributed by atoms with Gasteiger partial charge in [-0.1, -0.05) is 6.92 Å². The van der Waals surface area contributed by atoms with Crippen molar-refractivity contribution in [3.63, 3.8) is 0 Å². The highest BCUT2D eigenvalue weighted by Crippen LogP contribution is 2.34. The fourth-order valence-electron chi connectivity index (χ4n) is 2.87. The molecule has 1 N–H and O–H groups in total. The third-order valence-electron chi connectivity index (χ3n) is 4.51. The number of amides is 1. The zero-order valence-electron chi connectivity index (χ0n) is 17.9. The van der Waals surface area contributed by atoms with Gasteiger partial charge >= 0.3 is 11.9 Å². The van der Waals surface area contributed by atoms with Gasteiger partial charge in [-0.2, -0.15) is 5.10 Å². The number of aryl methyl sites for hydroxylation is 1. The number of thiophene rings is 1. The summed E-state index contributed by atoms with van der Waals surface area (Å²) in [6.45, 7) is 11.4. The summed E-state index contributed by atoms with van der Waals surface area (Å²) in [6.07, 6.45) is 0. The van der Waals surface area contributed by atoms with Crippen molar-refractivity contribution in [2.45, 2.75) is 48.1 Å². The second-order valence-corrected chi connectivity index (χ2v) is 8.57. The molecule has 0 saturated heterocycles. The average Bonchev–Trinajstić information content (AvgIpc) is 3.13. The Morgan fingerprint density at radius 1 is 1.13 bits per heavy atom. The van der Waals surface area contributed by atoms with Gasteiger partial charge < -0.3 is 14.8 Å². The summed E-state index contributed by atoms with van der Waals surface area (Å²) in [4.78, 5) is 37.8. The lowest BCUT2D eigenvalue weighted by Crippen LogP contribution is -2.25. The van der Waals surface area contributed by atoms with Crippen LogP contribution in [0.4, 0.5) is 5.00 Å². The van der Waals surface area contributed by atoms with Crippen molar-refractivity contribution in [1.29, 1.82) is 0 Å². The van der Waals surface area contributed by atoms with E-state index in [1.807, 2.05) is 13.8 Å². The molecule has 164 valence electrons. The number of esters is 2. The molecular formula is C20H26BrN3O5S. The summed E-state index contributed by atoms with van der Waals surface area (Å²) in [5.74, 6) is -1.85. The van der Waals surface area contributed by atoms with Gasteiger partial charge in [0.25, 0.3) is 0 Å². The maximum absolute atomic E-state index is 12.8. The molecule has 0 aliphatic heterocycles. The minimum absolute atomic E-state index is 0.180. The number of hydrogen-bond donors (Lipinski definition) is 1. The van der Waals surface area contributed by atoms with Crippen molar-refractivity contribution in [3.8, 4) is 0 Å². The van der Waals surface area contributed by atoms with Gasteiger partial charge in [-0.3, -0.25) is 9.48 Å². The van der Waals surface area contributed by atoms with Crippen molar-refractivity contribution < 1.29 is 23.9 Å². The third-order valence-corrected chi connectivity index (χ3v) is 6.85. The van der Waals surface area contributed by atoms with Crippen molar-refractivity contribution in [3.05, 3.63) is 31.9 Å². The molecule has 0 spiro atoms. The molecule has 2 aromatic heterocycles. The van der Waals surface area contributed by atoms with E-state index in [4.69, 9.17) is 9.47 Å². The van der Waals surface area contributed by atoms with E-state index in [-0.39, 0.29) is 34.6 Å². The molecule has 0 bridgehead atoms. The number of carbonyl (C=O) groups excluding carboxylic acids is 3. The van der Waals surface area contributed by atoms with Crippen molar-refractivity contribution >= 4 is 50.1 Å². The van der Waals surface area contributed by atoms with Crippen molar-refractivity contribution in [1.82, 2.24) is 9.78 Å². The van der Waals surface area contributed by atoms with Gasteiger partial charge in [0.2, 0.25) is 5.91 Å². The zero-order chi connectivity index (χ0) is 22.6. The van der Waals surface area contributed by atoms with E-state index < -0.39 is 17.9 Å². The Morgan fingerprint density at radius 2 is 1.73 bits per heavy atom. The molecule has 1 atom stereocenters. The molecule has 0 fully saturated rings. The molecule has 8 nitrogen and oxygen atoms in total. The summed E-state index contributed by atoms with van der Waals surface area (Å²) in [6, 6.07) is 0. The topological polar surface area (TPSA) is 99.5 Å². The Hall–Kier alpha value is -2.20. The van der Waals surface area contributed by atoms with Crippen LogP contribution >= 0.6 is 27.3 Å². The van der Waals surface area contributed by atoms with Crippen LogP contribution in [0, 0.1) is 26.7 Å². The zero-order valence-corrected chi connectivity index (χ0v) is 20.3. The highest BCUT2D eigenvalue weighted by atomic mass is 79.9. The molecule has 1 amide bonds. The van der Waals surface area contributed by atoms with Crippen LogP contribution in [-0.4, -0.2) is 40.8 Å². The van der Waals surface area contributed by atoms with Gasteiger partial charge in [0.05, 0.1) is 41.4 Å². The fourth-order valence-corrected chi connectivity index (χ4v) is 4.25. The van der Waals surface area contributed by atoms with Gasteiger partial charge in [0.15, 0.2) is 0 Å². The molecule has 2 heterocycles. The highest BCUT2D eigenvalue weighted by molar-refractivity contribution is 9.10. The molecule has 2 aromatic rings. The van der Waals surface area contributed by atoms with Gasteiger partial charge in [0.1, 0.15) is 9.88 Å². The van der Waals surface area contributed by atoms with Gasteiger partial charge in [-0.15, -0.1) is 11.3 Å². The Bertz CT molecular complexity index is 966. The minimum atomic E-state index is -0.591. The second-order valence-electron chi connectivity index (χ2n) is 6.76. The summed E-state index contributed by atoms with van der Waals surface area (Å²) in [5, 5.41) is 7.49. The molecule has 0 radical (unpaired) electrons. The van der Waals surface area contributed by atoms with Crippen LogP contribution in [-0.2, 0) is 20.8 Å². The molecular weight excluding hydrogens is 474 g/mol. The number of ether oxygens (including phenoxy) is 2. The van der Waals surface area contributed by atoms with Crippen LogP contribution in [0.25, 0.3) is 0 Å². The van der Waals surface area contributed by atoms with E-state index >= 15 is 0 Å². The summed E-state index contributed by atoms with van der Waals surface area (Å²) in [7, 11) is 0. The first-order chi connectivity index (χ1) is 14.1. The lowest BCUT2D eigenvalue weighted by atomic mass is 10.1. The van der Waals surface area contributed by atoms with Crippen LogP contribution in [0.2, 0.25) is 0 Å². The molecule has 0 aliphatic carbocycles. The van der Waals surface area contributed by atoms with E-state index in [2.05, 4.69) is 26.3 Å². The number of halogens is 1. The minimum Gasteiger partial charge on any atom is -0.462 e. The molecule has 0 saturated carbocycles. The molecule has 30 heavy (non-hydrogen) atoms. The smallest absolute Gasteiger partial charge is 0.348 e. The third kappa shape index (κ3) is 5.10. The maximum Gasteiger partial charge on any atom is 0.348 e. The number of rotatable bonds is 8. The Balaban J connectivity index is 2.29. The van der Waals surface area contributed by atoms with Crippen LogP contribution in [0.15, 0.2) is 4.47 Å². The predicted octanol–water partition coefficient (Wildman–Crippen LogP) is 4.26. The normalized spacial score (nSPS) is 11.8. The van der Waals surface area contributed by atoms with Gasteiger partial charge in [-0.05, 0) is 56.1 Å². The average molecular weight is 500 g/mol. The first-order valence-corrected chi connectivity index (χ1v) is 11.2. The second kappa shape index (κ2) is 10.2. The molecule has 0 aliphatic rings. The number of nitrogens with one attached hydrogen (secondary N) is 1. The summed E-state index contributed by atoms with van der Waals surface area (Å²) >= 11 is 4.49. The van der Waals surface area contributed by atoms with Gasteiger partial charge in [-0.25, -0.2) is 9.59 Å². The maximum atomic E-state index is 12.8. The Labute approximate surface area is 188 Å².